The average molecular weight is 491 g/mol. The highest BCUT2D eigenvalue weighted by molar-refractivity contribution is 8.13. The lowest BCUT2D eigenvalue weighted by atomic mass is 10.1. The number of carbonyl (C=O) groups is 1. The lowest BCUT2D eigenvalue weighted by molar-refractivity contribution is -0.116. The van der Waals surface area contributed by atoms with Crippen LogP contribution < -0.4 is 20.6 Å². The Kier molecular flexibility index (Phi) is 7.72. The Hall–Kier alpha value is -2.80. The van der Waals surface area contributed by atoms with Crippen molar-refractivity contribution in [3.05, 3.63) is 64.7 Å². The van der Waals surface area contributed by atoms with Crippen LogP contribution in [0.25, 0.3) is 5.70 Å². The Balaban J connectivity index is 1.39. The predicted octanol–water partition coefficient (Wildman–Crippen LogP) is 4.85. The van der Waals surface area contributed by atoms with Crippen LogP contribution in [0.2, 0.25) is 0 Å². The van der Waals surface area contributed by atoms with Crippen molar-refractivity contribution in [1.29, 1.82) is 0 Å². The van der Waals surface area contributed by atoms with Crippen LogP contribution in [-0.2, 0) is 4.79 Å². The number of hydrogen-bond acceptors (Lipinski definition) is 6. The molecule has 3 aliphatic rings. The van der Waals surface area contributed by atoms with Crippen LogP contribution in [0.15, 0.2) is 58.6 Å². The van der Waals surface area contributed by atoms with Crippen LogP contribution >= 0.6 is 11.8 Å². The summed E-state index contributed by atoms with van der Waals surface area (Å²) in [5, 5.41) is 12.0. The maximum Gasteiger partial charge on any atom is 0.276 e. The van der Waals surface area contributed by atoms with Crippen molar-refractivity contribution in [2.75, 3.05) is 5.75 Å². The standard InChI is InChI=1S/C28H34N4O2S/c1-2-3-4-5-10-19-35-28-30-27(33)25-23-13-8-9-14-24(23)29-26(32(25)31-28)20-15-17-22(18-16-20)34-21-11-6-7-12-21/h8-9,13-18,21,26H,2-7,10-12,19H2,1H3,(H,30,31,33). The van der Waals surface area contributed by atoms with E-state index >= 15 is 0 Å². The van der Waals surface area contributed by atoms with Gasteiger partial charge in [-0.15, -0.1) is 5.10 Å². The van der Waals surface area contributed by atoms with Crippen molar-refractivity contribution in [3.8, 4) is 5.75 Å². The van der Waals surface area contributed by atoms with Crippen molar-refractivity contribution in [3.63, 3.8) is 0 Å². The smallest absolute Gasteiger partial charge is 0.276 e. The van der Waals surface area contributed by atoms with E-state index in [1.807, 2.05) is 48.5 Å². The van der Waals surface area contributed by atoms with Crippen molar-refractivity contribution < 1.29 is 9.53 Å². The minimum atomic E-state index is -0.397. The summed E-state index contributed by atoms with van der Waals surface area (Å²) in [6.45, 7) is 2.23. The first-order valence-electron chi connectivity index (χ1n) is 13.0. The number of ether oxygens (including phenoxy) is 1. The van der Waals surface area contributed by atoms with Gasteiger partial charge in [-0.25, -0.2) is 5.01 Å². The molecular formula is C28H34N4O2S. The number of hydrazone groups is 1. The molecular weight excluding hydrogens is 456 g/mol. The lowest BCUT2D eigenvalue weighted by Gasteiger charge is -2.34. The molecule has 1 atom stereocenters. The SMILES string of the molecule is CCCCCCCSC1=NN2C(=c3ccccc3=NC2c2ccc(OC3CCCC3)cc2)C(=O)N1. The summed E-state index contributed by atoms with van der Waals surface area (Å²) in [6, 6.07) is 15.9. The highest BCUT2D eigenvalue weighted by Crippen LogP contribution is 2.32. The predicted molar refractivity (Wildman–Crippen MR) is 141 cm³/mol. The van der Waals surface area contributed by atoms with E-state index in [-0.39, 0.29) is 5.91 Å². The van der Waals surface area contributed by atoms with Gasteiger partial charge in [-0.05, 0) is 55.9 Å². The second-order valence-corrected chi connectivity index (χ2v) is 10.5. The van der Waals surface area contributed by atoms with Gasteiger partial charge in [-0.2, -0.15) is 0 Å². The molecule has 0 saturated heterocycles. The van der Waals surface area contributed by atoms with Crippen LogP contribution in [0, 0.1) is 0 Å². The maximum absolute atomic E-state index is 13.3. The normalized spacial score (nSPS) is 19.5. The highest BCUT2D eigenvalue weighted by Gasteiger charge is 2.34. The van der Waals surface area contributed by atoms with Gasteiger partial charge >= 0.3 is 0 Å². The number of fused-ring (bicyclic) bond motifs is 2. The number of thioether (sulfide) groups is 1. The molecule has 1 N–H and O–H groups in total. The molecule has 2 aromatic carbocycles. The molecule has 0 aromatic heterocycles. The summed E-state index contributed by atoms with van der Waals surface area (Å²) in [5.41, 5.74) is 1.54. The summed E-state index contributed by atoms with van der Waals surface area (Å²) in [6.07, 6.45) is 10.8. The summed E-state index contributed by atoms with van der Waals surface area (Å²) in [4.78, 5) is 18.3. The second kappa shape index (κ2) is 11.3. The third-order valence-electron chi connectivity index (χ3n) is 6.79. The van der Waals surface area contributed by atoms with E-state index in [9.17, 15) is 4.79 Å². The summed E-state index contributed by atoms with van der Waals surface area (Å²) >= 11 is 1.61. The molecule has 1 amide bonds. The van der Waals surface area contributed by atoms with Crippen molar-refractivity contribution in [1.82, 2.24) is 10.3 Å². The first kappa shape index (κ1) is 23.9. The van der Waals surface area contributed by atoms with Crippen molar-refractivity contribution >= 4 is 28.5 Å². The monoisotopic (exact) mass is 490 g/mol. The Morgan fingerprint density at radius 2 is 1.80 bits per heavy atom. The van der Waals surface area contributed by atoms with Gasteiger partial charge in [0.2, 0.25) is 0 Å². The van der Waals surface area contributed by atoms with Crippen molar-refractivity contribution in [2.45, 2.75) is 77.0 Å². The van der Waals surface area contributed by atoms with Gasteiger partial charge in [-0.3, -0.25) is 15.1 Å². The van der Waals surface area contributed by atoms with E-state index in [1.165, 1.54) is 38.5 Å². The van der Waals surface area contributed by atoms with Gasteiger partial charge in [0.25, 0.3) is 5.91 Å². The average Bonchev–Trinajstić information content (AvgIpc) is 3.39. The molecule has 7 heteroatoms. The lowest BCUT2D eigenvalue weighted by Crippen LogP contribution is -2.50. The number of carbonyl (C=O) groups excluding carboxylic acids is 1. The number of unbranched alkanes of at least 4 members (excludes halogenated alkanes) is 4. The van der Waals surface area contributed by atoms with Gasteiger partial charge in [0.1, 0.15) is 11.4 Å². The largest absolute Gasteiger partial charge is 0.490 e. The maximum atomic E-state index is 13.3. The fourth-order valence-corrected chi connectivity index (χ4v) is 5.75. The van der Waals surface area contributed by atoms with E-state index < -0.39 is 6.17 Å². The third kappa shape index (κ3) is 5.56. The Morgan fingerprint density at radius 3 is 2.60 bits per heavy atom. The number of hydrogen-bond donors (Lipinski definition) is 1. The van der Waals surface area contributed by atoms with Crippen LogP contribution in [0.3, 0.4) is 0 Å². The number of rotatable bonds is 9. The molecule has 1 aliphatic carbocycles. The van der Waals surface area contributed by atoms with Crippen LogP contribution in [0.5, 0.6) is 5.75 Å². The molecule has 0 radical (unpaired) electrons. The molecule has 35 heavy (non-hydrogen) atoms. The topological polar surface area (TPSA) is 66.3 Å². The molecule has 2 heterocycles. The van der Waals surface area contributed by atoms with E-state index in [0.29, 0.717) is 17.0 Å². The zero-order chi connectivity index (χ0) is 24.0. The number of nitrogens with one attached hydrogen (secondary N) is 1. The Labute approximate surface area is 211 Å². The second-order valence-electron chi connectivity index (χ2n) is 9.43. The van der Waals surface area contributed by atoms with Gasteiger partial charge in [-0.1, -0.05) is 74.7 Å². The Bertz CT molecular complexity index is 1190. The molecule has 6 nitrogen and oxygen atoms in total. The van der Waals surface area contributed by atoms with E-state index in [2.05, 4.69) is 12.2 Å². The first-order valence-corrected chi connectivity index (χ1v) is 14.0. The summed E-state index contributed by atoms with van der Waals surface area (Å²) < 4.78 is 6.15. The summed E-state index contributed by atoms with van der Waals surface area (Å²) in [5.74, 6) is 1.71. The van der Waals surface area contributed by atoms with E-state index in [1.54, 1.807) is 16.8 Å². The highest BCUT2D eigenvalue weighted by atomic mass is 32.2. The molecule has 2 aliphatic heterocycles. The fourth-order valence-electron chi connectivity index (χ4n) is 4.90. The zero-order valence-corrected chi connectivity index (χ0v) is 21.2. The van der Waals surface area contributed by atoms with E-state index in [0.717, 1.165) is 46.9 Å². The number of benzene rings is 2. The molecule has 2 aromatic rings. The van der Waals surface area contributed by atoms with E-state index in [4.69, 9.17) is 14.8 Å². The number of amides is 1. The molecule has 5 rings (SSSR count). The first-order chi connectivity index (χ1) is 17.2. The van der Waals surface area contributed by atoms with Gasteiger partial charge in [0.05, 0.1) is 11.5 Å². The van der Waals surface area contributed by atoms with Crippen LogP contribution in [-0.4, -0.2) is 27.9 Å². The quantitative estimate of drug-likeness (QED) is 0.510. The van der Waals surface area contributed by atoms with Gasteiger partial charge in [0.15, 0.2) is 11.3 Å². The van der Waals surface area contributed by atoms with Crippen molar-refractivity contribution in [2.24, 2.45) is 10.1 Å². The molecule has 1 fully saturated rings. The fraction of sp³-hybridized carbons (Fsp3) is 0.464. The third-order valence-corrected chi connectivity index (χ3v) is 7.74. The van der Waals surface area contributed by atoms with Gasteiger partial charge < -0.3 is 4.74 Å². The number of amidine groups is 1. The zero-order valence-electron chi connectivity index (χ0n) is 20.4. The molecule has 0 spiro atoms. The Morgan fingerprint density at radius 1 is 1.03 bits per heavy atom. The minimum absolute atomic E-state index is 0.123. The molecule has 1 saturated carbocycles. The van der Waals surface area contributed by atoms with Gasteiger partial charge in [0, 0.05) is 11.0 Å². The minimum Gasteiger partial charge on any atom is -0.490 e. The molecule has 184 valence electrons. The van der Waals surface area contributed by atoms with Crippen LogP contribution in [0.4, 0.5) is 0 Å². The van der Waals surface area contributed by atoms with Crippen LogP contribution in [0.1, 0.15) is 76.4 Å². The number of nitrogens with zero attached hydrogens (tertiary/aromatic N) is 3. The number of para-hydroxylation sites is 1. The molecule has 0 bridgehead atoms. The molecule has 1 unspecified atom stereocenters. The summed E-state index contributed by atoms with van der Waals surface area (Å²) in [7, 11) is 0.